The van der Waals surface area contributed by atoms with Gasteiger partial charge in [-0.3, -0.25) is 4.79 Å². The standard InChI is InChI=1S/C24H25N3O4/c28-18-8-9-21-20(15-18)19-7-4-10-27(23(19)24(30)31-21)22(29)16-25-11-13-26(14-12-25)17-5-2-1-3-6-17/h1-3,5-6,8-9,15,28H,4,7,10-14,16H2. The minimum absolute atomic E-state index is 0.0611. The third kappa shape index (κ3) is 3.77. The third-order valence-electron chi connectivity index (χ3n) is 6.33. The van der Waals surface area contributed by atoms with E-state index in [0.29, 0.717) is 36.2 Å². The summed E-state index contributed by atoms with van der Waals surface area (Å²) in [5.41, 5.74) is 2.18. The third-order valence-corrected chi connectivity index (χ3v) is 6.33. The highest BCUT2D eigenvalue weighted by Gasteiger charge is 2.31. The van der Waals surface area contributed by atoms with Crippen molar-refractivity contribution in [3.05, 3.63) is 64.5 Å². The number of aryl methyl sites for hydroxylation is 1. The van der Waals surface area contributed by atoms with Crippen LogP contribution in [0.1, 0.15) is 12.0 Å². The van der Waals surface area contributed by atoms with Crippen LogP contribution in [0.4, 0.5) is 11.4 Å². The normalized spacial score (nSPS) is 17.0. The van der Waals surface area contributed by atoms with Gasteiger partial charge in [0.05, 0.1) is 26.2 Å². The number of hydrogen-bond acceptors (Lipinski definition) is 5. The molecule has 5 rings (SSSR count). The van der Waals surface area contributed by atoms with E-state index in [1.54, 1.807) is 4.90 Å². The smallest absolute Gasteiger partial charge is 0.360 e. The zero-order chi connectivity index (χ0) is 21.4. The summed E-state index contributed by atoms with van der Waals surface area (Å²) in [5.74, 6) is -0.193. The van der Waals surface area contributed by atoms with Crippen molar-refractivity contribution in [2.45, 2.75) is 12.8 Å². The maximum absolute atomic E-state index is 13.2. The molecule has 0 spiro atoms. The average molecular weight is 419 g/mol. The molecule has 31 heavy (non-hydrogen) atoms. The molecule has 0 bridgehead atoms. The largest absolute Gasteiger partial charge is 0.872 e. The maximum atomic E-state index is 13.2. The molecule has 0 saturated carbocycles. The summed E-state index contributed by atoms with van der Waals surface area (Å²) in [7, 11) is 0. The first-order valence-corrected chi connectivity index (χ1v) is 10.8. The van der Waals surface area contributed by atoms with Gasteiger partial charge >= 0.3 is 5.63 Å². The molecule has 1 saturated heterocycles. The van der Waals surface area contributed by atoms with Gasteiger partial charge in [0.25, 0.3) is 5.91 Å². The predicted octanol–water partition coefficient (Wildman–Crippen LogP) is 0.551. The SMILES string of the molecule is O=C(C[NH+]1CCN(c2ccccc2)CC1)N1CCCc2c1c(=O)oc1ccc([O-])cc21. The molecule has 0 aliphatic carbocycles. The molecule has 3 aromatic rings. The number of anilines is 2. The average Bonchev–Trinajstić information content (AvgIpc) is 2.80. The van der Waals surface area contributed by atoms with Gasteiger partial charge in [0, 0.05) is 17.6 Å². The second-order valence-corrected chi connectivity index (χ2v) is 8.27. The second-order valence-electron chi connectivity index (χ2n) is 8.27. The molecular formula is C24H25N3O4. The number of amides is 1. The number of nitrogens with one attached hydrogen (secondary N) is 1. The lowest BCUT2D eigenvalue weighted by Crippen LogP contribution is -3.16. The van der Waals surface area contributed by atoms with E-state index in [4.69, 9.17) is 4.42 Å². The van der Waals surface area contributed by atoms with Crippen molar-refractivity contribution in [3.63, 3.8) is 0 Å². The van der Waals surface area contributed by atoms with Crippen molar-refractivity contribution in [1.29, 1.82) is 0 Å². The summed E-state index contributed by atoms with van der Waals surface area (Å²) in [5, 5.41) is 12.5. The van der Waals surface area contributed by atoms with E-state index in [0.717, 1.165) is 38.2 Å². The number of hydrogen-bond donors (Lipinski definition) is 1. The quantitative estimate of drug-likeness (QED) is 0.627. The molecule has 7 heteroatoms. The number of piperazine rings is 1. The Morgan fingerprint density at radius 1 is 1.06 bits per heavy atom. The van der Waals surface area contributed by atoms with E-state index in [2.05, 4.69) is 17.0 Å². The van der Waals surface area contributed by atoms with Gasteiger partial charge in [0.1, 0.15) is 11.3 Å². The highest BCUT2D eigenvalue weighted by Crippen LogP contribution is 2.31. The molecule has 1 aromatic heterocycles. The number of quaternary nitrogens is 1. The minimum atomic E-state index is -0.502. The van der Waals surface area contributed by atoms with Crippen molar-refractivity contribution in [2.24, 2.45) is 0 Å². The van der Waals surface area contributed by atoms with Gasteiger partial charge in [0.2, 0.25) is 0 Å². The summed E-state index contributed by atoms with van der Waals surface area (Å²) < 4.78 is 5.45. The van der Waals surface area contributed by atoms with Crippen LogP contribution in [0.3, 0.4) is 0 Å². The molecule has 3 heterocycles. The van der Waals surface area contributed by atoms with Gasteiger partial charge < -0.3 is 24.2 Å². The number of para-hydroxylation sites is 1. The molecule has 2 aromatic carbocycles. The van der Waals surface area contributed by atoms with Gasteiger partial charge in [-0.2, -0.15) is 0 Å². The Balaban J connectivity index is 1.33. The maximum Gasteiger partial charge on any atom is 0.360 e. The number of nitrogens with zero attached hydrogens (tertiary/aromatic N) is 2. The van der Waals surface area contributed by atoms with Crippen LogP contribution in [0.2, 0.25) is 0 Å². The van der Waals surface area contributed by atoms with Crippen LogP contribution in [-0.2, 0) is 11.2 Å². The van der Waals surface area contributed by atoms with Crippen LogP contribution in [0.5, 0.6) is 5.75 Å². The van der Waals surface area contributed by atoms with E-state index < -0.39 is 5.63 Å². The van der Waals surface area contributed by atoms with Crippen LogP contribution in [0, 0.1) is 0 Å². The highest BCUT2D eigenvalue weighted by molar-refractivity contribution is 5.98. The van der Waals surface area contributed by atoms with Gasteiger partial charge in [-0.05, 0) is 36.6 Å². The van der Waals surface area contributed by atoms with Crippen LogP contribution in [-0.4, -0.2) is 45.2 Å². The van der Waals surface area contributed by atoms with E-state index in [1.807, 2.05) is 18.2 Å². The molecule has 2 aliphatic heterocycles. The fraction of sp³-hybridized carbons (Fsp3) is 0.333. The number of carbonyl (C=O) groups is 1. The van der Waals surface area contributed by atoms with E-state index in [-0.39, 0.29) is 11.7 Å². The number of fused-ring (bicyclic) bond motifs is 3. The van der Waals surface area contributed by atoms with E-state index in [9.17, 15) is 14.7 Å². The molecule has 2 aliphatic rings. The Hall–Kier alpha value is -3.32. The summed E-state index contributed by atoms with van der Waals surface area (Å²) >= 11 is 0. The molecule has 1 fully saturated rings. The Kier molecular flexibility index (Phi) is 5.11. The first-order valence-electron chi connectivity index (χ1n) is 10.8. The fourth-order valence-corrected chi connectivity index (χ4v) is 4.74. The Labute approximate surface area is 180 Å². The van der Waals surface area contributed by atoms with Gasteiger partial charge in [0.15, 0.2) is 6.54 Å². The summed E-state index contributed by atoms with van der Waals surface area (Å²) in [6.45, 7) is 4.37. The summed E-state index contributed by atoms with van der Waals surface area (Å²) in [6, 6.07) is 14.7. The lowest BCUT2D eigenvalue weighted by Gasteiger charge is -2.35. The Morgan fingerprint density at radius 3 is 2.61 bits per heavy atom. The molecule has 0 atom stereocenters. The highest BCUT2D eigenvalue weighted by atomic mass is 16.4. The second kappa shape index (κ2) is 8.07. The number of carbonyl (C=O) groups excluding carboxylic acids is 1. The van der Waals surface area contributed by atoms with Crippen LogP contribution < -0.4 is 25.4 Å². The number of benzene rings is 2. The van der Waals surface area contributed by atoms with Crippen LogP contribution in [0.25, 0.3) is 11.0 Å². The summed E-state index contributed by atoms with van der Waals surface area (Å²) in [6.07, 6.45) is 1.42. The predicted molar refractivity (Wildman–Crippen MR) is 117 cm³/mol. The van der Waals surface area contributed by atoms with Crippen molar-refractivity contribution in [2.75, 3.05) is 49.1 Å². The van der Waals surface area contributed by atoms with Crippen LogP contribution >= 0.6 is 0 Å². The molecule has 1 N–H and O–H groups in total. The molecule has 1 amide bonds. The number of rotatable bonds is 3. The van der Waals surface area contributed by atoms with Crippen LogP contribution in [0.15, 0.2) is 57.7 Å². The molecule has 0 radical (unpaired) electrons. The summed E-state index contributed by atoms with van der Waals surface area (Å²) in [4.78, 5) is 31.0. The van der Waals surface area contributed by atoms with Crippen molar-refractivity contribution in [1.82, 2.24) is 0 Å². The Morgan fingerprint density at radius 2 is 1.84 bits per heavy atom. The van der Waals surface area contributed by atoms with Gasteiger partial charge in [-0.1, -0.05) is 30.3 Å². The lowest BCUT2D eigenvalue weighted by atomic mass is 9.98. The van der Waals surface area contributed by atoms with Crippen molar-refractivity contribution in [3.8, 4) is 5.75 Å². The fourth-order valence-electron chi connectivity index (χ4n) is 4.74. The first kappa shape index (κ1) is 19.6. The lowest BCUT2D eigenvalue weighted by molar-refractivity contribution is -0.892. The van der Waals surface area contributed by atoms with Gasteiger partial charge in [-0.25, -0.2) is 4.79 Å². The molecule has 0 unspecified atom stereocenters. The minimum Gasteiger partial charge on any atom is -0.872 e. The topological polar surface area (TPSA) is 81.3 Å². The van der Waals surface area contributed by atoms with E-state index >= 15 is 0 Å². The molecular weight excluding hydrogens is 394 g/mol. The molecule has 7 nitrogen and oxygen atoms in total. The zero-order valence-electron chi connectivity index (χ0n) is 17.3. The van der Waals surface area contributed by atoms with E-state index in [1.165, 1.54) is 28.8 Å². The van der Waals surface area contributed by atoms with Crippen molar-refractivity contribution >= 4 is 28.3 Å². The van der Waals surface area contributed by atoms with Gasteiger partial charge in [-0.15, -0.1) is 5.75 Å². The monoisotopic (exact) mass is 419 g/mol. The Bertz CT molecular complexity index is 1170. The molecule has 160 valence electrons. The van der Waals surface area contributed by atoms with Crippen molar-refractivity contribution < 1.29 is 19.2 Å². The zero-order valence-corrected chi connectivity index (χ0v) is 17.3. The first-order chi connectivity index (χ1) is 15.1.